The Hall–Kier alpha value is -0.870. The molecule has 0 heterocycles. The summed E-state index contributed by atoms with van der Waals surface area (Å²) < 4.78 is 32.1. The van der Waals surface area contributed by atoms with Crippen LogP contribution in [0, 0.1) is 5.82 Å². The summed E-state index contributed by atoms with van der Waals surface area (Å²) in [5, 5.41) is 0. The van der Waals surface area contributed by atoms with E-state index in [1.807, 2.05) is 6.92 Å². The van der Waals surface area contributed by atoms with Crippen LogP contribution in [0.2, 0.25) is 0 Å². The van der Waals surface area contributed by atoms with Crippen LogP contribution in [0.25, 0.3) is 0 Å². The normalized spacial score (nSPS) is 10.2. The standard InChI is InChI=1S/C8H9F.C3H5ClO2S/c1-2-7-3-5-8(9)6-4-7;1-2-3-7(4,5)6/h3-6H,2H2,1H3;2H,1,3H2. The molecule has 1 rings (SSSR count). The lowest BCUT2D eigenvalue weighted by molar-refractivity contribution is 0.612. The second-order valence-electron chi connectivity index (χ2n) is 2.97. The predicted octanol–water partition coefficient (Wildman–Crippen LogP) is 3.13. The van der Waals surface area contributed by atoms with E-state index in [4.69, 9.17) is 10.7 Å². The summed E-state index contributed by atoms with van der Waals surface area (Å²) >= 11 is 0. The van der Waals surface area contributed by atoms with E-state index in [0.29, 0.717) is 0 Å². The molecule has 0 unspecified atom stereocenters. The number of benzene rings is 1. The summed E-state index contributed by atoms with van der Waals surface area (Å²) in [5.41, 5.74) is 1.18. The maximum Gasteiger partial charge on any atom is 0.236 e. The van der Waals surface area contributed by atoms with Gasteiger partial charge in [-0.25, -0.2) is 12.8 Å². The first-order valence-electron chi connectivity index (χ1n) is 4.66. The van der Waals surface area contributed by atoms with Gasteiger partial charge in [-0.15, -0.1) is 6.58 Å². The van der Waals surface area contributed by atoms with E-state index in [1.165, 1.54) is 23.8 Å². The SMILES string of the molecule is C=CCS(=O)(=O)Cl.CCc1ccc(F)cc1. The minimum Gasteiger partial charge on any atom is -0.212 e. The fourth-order valence-electron chi connectivity index (χ4n) is 0.861. The van der Waals surface area contributed by atoms with Crippen molar-refractivity contribution in [3.8, 4) is 0 Å². The van der Waals surface area contributed by atoms with Gasteiger partial charge in [0.1, 0.15) is 5.82 Å². The Morgan fingerprint density at radius 1 is 1.38 bits per heavy atom. The van der Waals surface area contributed by atoms with Gasteiger partial charge < -0.3 is 0 Å². The summed E-state index contributed by atoms with van der Waals surface area (Å²) in [6.07, 6.45) is 2.21. The molecule has 0 saturated carbocycles. The maximum absolute atomic E-state index is 12.2. The summed E-state index contributed by atoms with van der Waals surface area (Å²) in [6.45, 7) is 5.23. The van der Waals surface area contributed by atoms with E-state index in [-0.39, 0.29) is 11.6 Å². The first kappa shape index (κ1) is 15.1. The molecule has 1 aromatic rings. The van der Waals surface area contributed by atoms with Crippen LogP contribution in [0.15, 0.2) is 36.9 Å². The predicted molar refractivity (Wildman–Crippen MR) is 65.6 cm³/mol. The van der Waals surface area contributed by atoms with Crippen LogP contribution in [-0.2, 0) is 15.5 Å². The average molecular weight is 265 g/mol. The molecule has 0 N–H and O–H groups in total. The van der Waals surface area contributed by atoms with Crippen molar-refractivity contribution in [1.82, 2.24) is 0 Å². The molecule has 90 valence electrons. The van der Waals surface area contributed by atoms with Crippen molar-refractivity contribution < 1.29 is 12.8 Å². The first-order chi connectivity index (χ1) is 7.39. The molecular weight excluding hydrogens is 251 g/mol. The quantitative estimate of drug-likeness (QED) is 0.621. The molecule has 0 fully saturated rings. The zero-order valence-electron chi connectivity index (χ0n) is 8.99. The third-order valence-electron chi connectivity index (χ3n) is 1.64. The highest BCUT2D eigenvalue weighted by Gasteiger charge is 1.97. The van der Waals surface area contributed by atoms with E-state index < -0.39 is 9.05 Å². The van der Waals surface area contributed by atoms with Crippen molar-refractivity contribution in [3.63, 3.8) is 0 Å². The van der Waals surface area contributed by atoms with Gasteiger partial charge in [-0.2, -0.15) is 0 Å². The van der Waals surface area contributed by atoms with Gasteiger partial charge in [-0.1, -0.05) is 25.1 Å². The van der Waals surface area contributed by atoms with Crippen molar-refractivity contribution in [2.24, 2.45) is 0 Å². The molecule has 16 heavy (non-hydrogen) atoms. The van der Waals surface area contributed by atoms with Gasteiger partial charge in [0.25, 0.3) is 0 Å². The van der Waals surface area contributed by atoms with E-state index in [2.05, 4.69) is 6.58 Å². The molecule has 5 heteroatoms. The van der Waals surface area contributed by atoms with E-state index in [1.54, 1.807) is 12.1 Å². The minimum absolute atomic E-state index is 0.158. The minimum atomic E-state index is -3.32. The molecular formula is C11H14ClFO2S. The summed E-state index contributed by atoms with van der Waals surface area (Å²) in [7, 11) is 1.41. The van der Waals surface area contributed by atoms with E-state index >= 15 is 0 Å². The second-order valence-corrected chi connectivity index (χ2v) is 5.80. The van der Waals surface area contributed by atoms with Gasteiger partial charge in [0.2, 0.25) is 9.05 Å². The van der Waals surface area contributed by atoms with Gasteiger partial charge in [0.05, 0.1) is 5.75 Å². The Morgan fingerprint density at radius 3 is 2.12 bits per heavy atom. The van der Waals surface area contributed by atoms with E-state index in [9.17, 15) is 12.8 Å². The number of hydrogen-bond donors (Lipinski definition) is 0. The van der Waals surface area contributed by atoms with Crippen LogP contribution in [0.4, 0.5) is 4.39 Å². The van der Waals surface area contributed by atoms with E-state index in [0.717, 1.165) is 6.42 Å². The summed E-state index contributed by atoms with van der Waals surface area (Å²) in [4.78, 5) is 0. The molecule has 0 aliphatic rings. The monoisotopic (exact) mass is 264 g/mol. The van der Waals surface area contributed by atoms with Crippen molar-refractivity contribution in [1.29, 1.82) is 0 Å². The van der Waals surface area contributed by atoms with Crippen LogP contribution in [0.5, 0.6) is 0 Å². The second kappa shape index (κ2) is 7.41. The Labute approximate surface area is 100 Å². The highest BCUT2D eigenvalue weighted by atomic mass is 35.7. The van der Waals surface area contributed by atoms with Crippen molar-refractivity contribution in [2.45, 2.75) is 13.3 Å². The van der Waals surface area contributed by atoms with Crippen LogP contribution in [-0.4, -0.2) is 14.2 Å². The zero-order valence-corrected chi connectivity index (χ0v) is 10.6. The Kier molecular flexibility index (Phi) is 7.01. The first-order valence-corrected chi connectivity index (χ1v) is 7.14. The zero-order chi connectivity index (χ0) is 12.6. The third-order valence-corrected chi connectivity index (χ3v) is 2.65. The summed E-state index contributed by atoms with van der Waals surface area (Å²) in [6, 6.07) is 6.57. The van der Waals surface area contributed by atoms with Crippen LogP contribution >= 0.6 is 10.7 Å². The molecule has 0 bridgehead atoms. The fourth-order valence-corrected chi connectivity index (χ4v) is 1.41. The lowest BCUT2D eigenvalue weighted by Crippen LogP contribution is -1.90. The number of halogens is 2. The molecule has 0 aliphatic carbocycles. The Bertz CT molecular complexity index is 412. The van der Waals surface area contributed by atoms with Crippen LogP contribution < -0.4 is 0 Å². The van der Waals surface area contributed by atoms with Gasteiger partial charge in [-0.3, -0.25) is 0 Å². The molecule has 0 atom stereocenters. The summed E-state index contributed by atoms with van der Waals surface area (Å²) in [5.74, 6) is -0.318. The highest BCUT2D eigenvalue weighted by molar-refractivity contribution is 8.13. The van der Waals surface area contributed by atoms with Gasteiger partial charge >= 0.3 is 0 Å². The van der Waals surface area contributed by atoms with Crippen molar-refractivity contribution >= 4 is 19.7 Å². The van der Waals surface area contributed by atoms with Gasteiger partial charge in [0, 0.05) is 10.7 Å². The van der Waals surface area contributed by atoms with Crippen LogP contribution in [0.3, 0.4) is 0 Å². The smallest absolute Gasteiger partial charge is 0.212 e. The van der Waals surface area contributed by atoms with Crippen LogP contribution in [0.1, 0.15) is 12.5 Å². The average Bonchev–Trinajstić information content (AvgIpc) is 2.18. The van der Waals surface area contributed by atoms with Crippen molar-refractivity contribution in [2.75, 3.05) is 5.75 Å². The molecule has 0 spiro atoms. The topological polar surface area (TPSA) is 34.1 Å². The largest absolute Gasteiger partial charge is 0.236 e. The third kappa shape index (κ3) is 8.44. The number of rotatable bonds is 3. The fraction of sp³-hybridized carbons (Fsp3) is 0.273. The number of aryl methyl sites for hydroxylation is 1. The molecule has 0 aliphatic heterocycles. The number of hydrogen-bond acceptors (Lipinski definition) is 2. The lowest BCUT2D eigenvalue weighted by atomic mass is 10.2. The molecule has 0 saturated heterocycles. The molecule has 0 aromatic heterocycles. The Morgan fingerprint density at radius 2 is 1.88 bits per heavy atom. The molecule has 2 nitrogen and oxygen atoms in total. The van der Waals surface area contributed by atoms with Gasteiger partial charge in [0.15, 0.2) is 0 Å². The highest BCUT2D eigenvalue weighted by Crippen LogP contribution is 2.01. The molecule has 0 radical (unpaired) electrons. The maximum atomic E-state index is 12.2. The Balaban J connectivity index is 0.000000293. The van der Waals surface area contributed by atoms with Crippen molar-refractivity contribution in [3.05, 3.63) is 48.3 Å². The molecule has 0 amide bonds. The van der Waals surface area contributed by atoms with Gasteiger partial charge in [-0.05, 0) is 24.1 Å². The molecule has 1 aromatic carbocycles. The lowest BCUT2D eigenvalue weighted by Gasteiger charge is -1.92.